The van der Waals surface area contributed by atoms with E-state index in [1.165, 1.54) is 18.9 Å². The molecule has 1 saturated heterocycles. The zero-order valence-corrected chi connectivity index (χ0v) is 14.4. The molecule has 1 fully saturated rings. The molecule has 112 valence electrons. The fourth-order valence-corrected chi connectivity index (χ4v) is 2.38. The lowest BCUT2D eigenvalue weighted by Crippen LogP contribution is -2.45. The van der Waals surface area contributed by atoms with E-state index in [4.69, 9.17) is 0 Å². The van der Waals surface area contributed by atoms with E-state index in [1.807, 2.05) is 6.07 Å². The molecule has 3 nitrogen and oxygen atoms in total. The summed E-state index contributed by atoms with van der Waals surface area (Å²) < 4.78 is 13.1. The number of nitrogens with one attached hydrogen (secondary N) is 1. The molecule has 20 heavy (non-hydrogen) atoms. The quantitative estimate of drug-likeness (QED) is 0.476. The van der Waals surface area contributed by atoms with Crippen molar-refractivity contribution in [2.45, 2.75) is 26.3 Å². The third-order valence-corrected chi connectivity index (χ3v) is 3.63. The molecule has 0 aliphatic carbocycles. The standard InChI is InChI=1S/C15H22FN3.HI/c1-12-6-8-19(9-7-12)15(17-2)18-11-13-4-3-5-14(16)10-13;/h3-5,10,12H,6-9,11H2,1-2H3,(H,17,18);1H. The highest BCUT2D eigenvalue weighted by molar-refractivity contribution is 14.0. The van der Waals surface area contributed by atoms with Crippen LogP contribution >= 0.6 is 24.0 Å². The average molecular weight is 391 g/mol. The molecule has 1 aliphatic heterocycles. The molecule has 0 saturated carbocycles. The van der Waals surface area contributed by atoms with Gasteiger partial charge in [0.1, 0.15) is 5.82 Å². The van der Waals surface area contributed by atoms with Crippen molar-refractivity contribution in [3.05, 3.63) is 35.6 Å². The van der Waals surface area contributed by atoms with Crippen molar-refractivity contribution >= 4 is 29.9 Å². The van der Waals surface area contributed by atoms with Crippen LogP contribution in [0.1, 0.15) is 25.3 Å². The second kappa shape index (κ2) is 8.44. The summed E-state index contributed by atoms with van der Waals surface area (Å²) in [6, 6.07) is 6.67. The fourth-order valence-electron chi connectivity index (χ4n) is 2.38. The van der Waals surface area contributed by atoms with Gasteiger partial charge in [0.2, 0.25) is 0 Å². The van der Waals surface area contributed by atoms with Crippen LogP contribution < -0.4 is 5.32 Å². The number of guanidine groups is 1. The maximum Gasteiger partial charge on any atom is 0.193 e. The van der Waals surface area contributed by atoms with Crippen LogP contribution in [0.25, 0.3) is 0 Å². The van der Waals surface area contributed by atoms with Crippen LogP contribution in [0, 0.1) is 11.7 Å². The van der Waals surface area contributed by atoms with Gasteiger partial charge in [-0.15, -0.1) is 24.0 Å². The van der Waals surface area contributed by atoms with Crippen molar-refractivity contribution in [1.29, 1.82) is 0 Å². The molecular weight excluding hydrogens is 368 g/mol. The number of hydrogen-bond acceptors (Lipinski definition) is 1. The molecule has 0 aromatic heterocycles. The summed E-state index contributed by atoms with van der Waals surface area (Å²) in [7, 11) is 1.80. The summed E-state index contributed by atoms with van der Waals surface area (Å²) >= 11 is 0. The van der Waals surface area contributed by atoms with Crippen LogP contribution in [0.2, 0.25) is 0 Å². The highest BCUT2D eigenvalue weighted by atomic mass is 127. The lowest BCUT2D eigenvalue weighted by atomic mass is 10.00. The minimum atomic E-state index is -0.193. The number of nitrogens with zero attached hydrogens (tertiary/aromatic N) is 2. The summed E-state index contributed by atoms with van der Waals surface area (Å²) in [6.45, 7) is 4.99. The smallest absolute Gasteiger partial charge is 0.193 e. The Kier molecular flexibility index (Phi) is 7.26. The molecule has 0 spiro atoms. The van der Waals surface area contributed by atoms with Crippen LogP contribution in [-0.2, 0) is 6.54 Å². The van der Waals surface area contributed by atoms with Gasteiger partial charge in [-0.05, 0) is 36.5 Å². The molecule has 0 radical (unpaired) electrons. The summed E-state index contributed by atoms with van der Waals surface area (Å²) in [5, 5.41) is 3.31. The number of hydrogen-bond donors (Lipinski definition) is 1. The monoisotopic (exact) mass is 391 g/mol. The minimum absolute atomic E-state index is 0. The number of benzene rings is 1. The SMILES string of the molecule is CN=C(NCc1cccc(F)c1)N1CCC(C)CC1.I. The summed E-state index contributed by atoms with van der Waals surface area (Å²) in [5.74, 6) is 1.52. The predicted molar refractivity (Wildman–Crippen MR) is 92.0 cm³/mol. The number of rotatable bonds is 2. The Balaban J connectivity index is 0.00000200. The van der Waals surface area contributed by atoms with E-state index in [2.05, 4.69) is 22.1 Å². The maximum atomic E-state index is 13.1. The van der Waals surface area contributed by atoms with Crippen molar-refractivity contribution < 1.29 is 4.39 Å². The molecule has 0 bridgehead atoms. The van der Waals surface area contributed by atoms with E-state index >= 15 is 0 Å². The highest BCUT2D eigenvalue weighted by Crippen LogP contribution is 2.16. The van der Waals surface area contributed by atoms with Crippen molar-refractivity contribution in [1.82, 2.24) is 10.2 Å². The van der Waals surface area contributed by atoms with Gasteiger partial charge in [-0.2, -0.15) is 0 Å². The second-order valence-electron chi connectivity index (χ2n) is 5.20. The third kappa shape index (κ3) is 4.92. The first-order valence-electron chi connectivity index (χ1n) is 6.89. The Morgan fingerprint density at radius 1 is 1.40 bits per heavy atom. The van der Waals surface area contributed by atoms with E-state index in [0.717, 1.165) is 30.5 Å². The Hall–Kier alpha value is -0.850. The first-order valence-corrected chi connectivity index (χ1v) is 6.89. The molecule has 1 aromatic rings. The highest BCUT2D eigenvalue weighted by Gasteiger charge is 2.18. The number of halogens is 2. The Labute approximate surface area is 137 Å². The lowest BCUT2D eigenvalue weighted by molar-refractivity contribution is 0.273. The summed E-state index contributed by atoms with van der Waals surface area (Å²) in [6.07, 6.45) is 2.42. The normalized spacial score (nSPS) is 16.8. The van der Waals surface area contributed by atoms with Crippen molar-refractivity contribution in [3.63, 3.8) is 0 Å². The Bertz CT molecular complexity index is 442. The Morgan fingerprint density at radius 2 is 2.10 bits per heavy atom. The summed E-state index contributed by atoms with van der Waals surface area (Å²) in [4.78, 5) is 6.59. The van der Waals surface area contributed by atoms with E-state index < -0.39 is 0 Å². The van der Waals surface area contributed by atoms with Gasteiger partial charge in [0.15, 0.2) is 5.96 Å². The molecule has 1 heterocycles. The van der Waals surface area contributed by atoms with Gasteiger partial charge in [0, 0.05) is 26.7 Å². The van der Waals surface area contributed by atoms with Crippen molar-refractivity contribution in [3.8, 4) is 0 Å². The molecule has 5 heteroatoms. The van der Waals surface area contributed by atoms with Gasteiger partial charge in [0.05, 0.1) is 0 Å². The van der Waals surface area contributed by atoms with Gasteiger partial charge in [-0.3, -0.25) is 4.99 Å². The van der Waals surface area contributed by atoms with Crippen LogP contribution in [-0.4, -0.2) is 31.0 Å². The van der Waals surface area contributed by atoms with E-state index in [9.17, 15) is 4.39 Å². The van der Waals surface area contributed by atoms with Gasteiger partial charge in [-0.25, -0.2) is 4.39 Å². The first kappa shape index (κ1) is 17.2. The van der Waals surface area contributed by atoms with Gasteiger partial charge in [-0.1, -0.05) is 19.1 Å². The topological polar surface area (TPSA) is 27.6 Å². The van der Waals surface area contributed by atoms with E-state index in [-0.39, 0.29) is 29.8 Å². The maximum absolute atomic E-state index is 13.1. The number of likely N-dealkylation sites (tertiary alicyclic amines) is 1. The molecule has 1 aromatic carbocycles. The van der Waals surface area contributed by atoms with Crippen LogP contribution in [0.3, 0.4) is 0 Å². The Morgan fingerprint density at radius 3 is 2.70 bits per heavy atom. The van der Waals surface area contributed by atoms with Crippen LogP contribution in [0.15, 0.2) is 29.3 Å². The average Bonchev–Trinajstić information content (AvgIpc) is 2.41. The fraction of sp³-hybridized carbons (Fsp3) is 0.533. The zero-order chi connectivity index (χ0) is 13.7. The van der Waals surface area contributed by atoms with Crippen LogP contribution in [0.5, 0.6) is 0 Å². The van der Waals surface area contributed by atoms with Crippen molar-refractivity contribution in [2.24, 2.45) is 10.9 Å². The van der Waals surface area contributed by atoms with E-state index in [1.54, 1.807) is 19.2 Å². The van der Waals surface area contributed by atoms with Crippen molar-refractivity contribution in [2.75, 3.05) is 20.1 Å². The molecule has 0 amide bonds. The summed E-state index contributed by atoms with van der Waals surface area (Å²) in [5.41, 5.74) is 0.937. The number of piperidine rings is 1. The van der Waals surface area contributed by atoms with Gasteiger partial charge >= 0.3 is 0 Å². The molecule has 1 aliphatic rings. The zero-order valence-electron chi connectivity index (χ0n) is 12.1. The molecule has 0 unspecified atom stereocenters. The molecule has 0 atom stereocenters. The largest absolute Gasteiger partial charge is 0.352 e. The van der Waals surface area contributed by atoms with Gasteiger partial charge in [0.25, 0.3) is 0 Å². The first-order chi connectivity index (χ1) is 9.19. The molecule has 1 N–H and O–H groups in total. The third-order valence-electron chi connectivity index (χ3n) is 3.63. The lowest BCUT2D eigenvalue weighted by Gasteiger charge is -2.32. The second-order valence-corrected chi connectivity index (χ2v) is 5.20. The predicted octanol–water partition coefficient (Wildman–Crippen LogP) is 3.25. The van der Waals surface area contributed by atoms with Crippen LogP contribution in [0.4, 0.5) is 4.39 Å². The van der Waals surface area contributed by atoms with Gasteiger partial charge < -0.3 is 10.2 Å². The minimum Gasteiger partial charge on any atom is -0.352 e. The molecular formula is C15H23FIN3. The van der Waals surface area contributed by atoms with E-state index in [0.29, 0.717) is 6.54 Å². The number of aliphatic imine (C=N–C) groups is 1. The molecule has 2 rings (SSSR count).